The summed E-state index contributed by atoms with van der Waals surface area (Å²) in [5.74, 6) is 0.903. The van der Waals surface area contributed by atoms with Gasteiger partial charge in [0.05, 0.1) is 12.2 Å². The van der Waals surface area contributed by atoms with Crippen molar-refractivity contribution >= 4 is 11.7 Å². The topological polar surface area (TPSA) is 70.2 Å². The Morgan fingerprint density at radius 1 is 1.32 bits per heavy atom. The molecule has 6 heteroatoms. The standard InChI is InChI=1S/C19H25N5O/c1-14(25)23-12-17-11-15(7-9-21-17)18-6-4-10-24(18)13-16-5-3-8-22-19(16)20-2/h3,5,7-9,11,18H,4,6,10,12-13H2,1-2H3,(H,20,22)(H,23,25). The van der Waals surface area contributed by atoms with Crippen LogP contribution in [0.25, 0.3) is 0 Å². The van der Waals surface area contributed by atoms with Crippen LogP contribution in [0, 0.1) is 0 Å². The van der Waals surface area contributed by atoms with Crippen molar-refractivity contribution in [1.82, 2.24) is 20.2 Å². The molecule has 1 saturated heterocycles. The predicted octanol–water partition coefficient (Wildman–Crippen LogP) is 2.49. The van der Waals surface area contributed by atoms with Crippen molar-refractivity contribution in [3.8, 4) is 0 Å². The monoisotopic (exact) mass is 339 g/mol. The van der Waals surface area contributed by atoms with E-state index in [-0.39, 0.29) is 5.91 Å². The van der Waals surface area contributed by atoms with Crippen LogP contribution in [0.2, 0.25) is 0 Å². The molecule has 1 unspecified atom stereocenters. The third-order valence-electron chi connectivity index (χ3n) is 4.61. The van der Waals surface area contributed by atoms with E-state index in [2.05, 4.69) is 43.7 Å². The Bertz CT molecular complexity index is 733. The molecule has 25 heavy (non-hydrogen) atoms. The maximum Gasteiger partial charge on any atom is 0.217 e. The molecule has 1 aliphatic rings. The maximum absolute atomic E-state index is 11.1. The van der Waals surface area contributed by atoms with Gasteiger partial charge in [-0.2, -0.15) is 0 Å². The van der Waals surface area contributed by atoms with Crippen LogP contribution in [0.4, 0.5) is 5.82 Å². The average molecular weight is 339 g/mol. The third-order valence-corrected chi connectivity index (χ3v) is 4.61. The van der Waals surface area contributed by atoms with Crippen molar-refractivity contribution in [1.29, 1.82) is 0 Å². The number of carbonyl (C=O) groups excluding carboxylic acids is 1. The Morgan fingerprint density at radius 3 is 3.00 bits per heavy atom. The molecule has 2 aromatic heterocycles. The summed E-state index contributed by atoms with van der Waals surface area (Å²) in [5.41, 5.74) is 3.38. The zero-order valence-corrected chi connectivity index (χ0v) is 14.8. The molecule has 0 bridgehead atoms. The van der Waals surface area contributed by atoms with Gasteiger partial charge in [-0.25, -0.2) is 4.98 Å². The SMILES string of the molecule is CNc1ncccc1CN1CCCC1c1ccnc(CNC(C)=O)c1. The van der Waals surface area contributed by atoms with E-state index in [1.165, 1.54) is 24.5 Å². The number of amides is 1. The Labute approximate surface area is 148 Å². The molecule has 2 N–H and O–H groups in total. The highest BCUT2D eigenvalue weighted by atomic mass is 16.1. The van der Waals surface area contributed by atoms with E-state index >= 15 is 0 Å². The number of hydrogen-bond acceptors (Lipinski definition) is 5. The molecule has 0 spiro atoms. The van der Waals surface area contributed by atoms with Crippen LogP contribution in [0.3, 0.4) is 0 Å². The number of pyridine rings is 2. The predicted molar refractivity (Wildman–Crippen MR) is 97.9 cm³/mol. The van der Waals surface area contributed by atoms with Gasteiger partial charge >= 0.3 is 0 Å². The molecular weight excluding hydrogens is 314 g/mol. The molecule has 0 aliphatic carbocycles. The van der Waals surface area contributed by atoms with Gasteiger partial charge in [0.25, 0.3) is 0 Å². The van der Waals surface area contributed by atoms with Crippen molar-refractivity contribution in [3.05, 3.63) is 53.5 Å². The molecule has 132 valence electrons. The van der Waals surface area contributed by atoms with E-state index in [9.17, 15) is 4.79 Å². The fraction of sp³-hybridized carbons (Fsp3) is 0.421. The zero-order chi connectivity index (χ0) is 17.6. The summed E-state index contributed by atoms with van der Waals surface area (Å²) in [5, 5.41) is 5.99. The van der Waals surface area contributed by atoms with E-state index < -0.39 is 0 Å². The van der Waals surface area contributed by atoms with Crippen LogP contribution in [0.1, 0.15) is 42.6 Å². The molecule has 1 amide bonds. The number of rotatable bonds is 6. The Hall–Kier alpha value is -2.47. The van der Waals surface area contributed by atoms with Gasteiger partial charge in [0, 0.05) is 44.5 Å². The number of nitrogens with one attached hydrogen (secondary N) is 2. The van der Waals surface area contributed by atoms with Crippen LogP contribution < -0.4 is 10.6 Å². The first-order valence-corrected chi connectivity index (χ1v) is 8.72. The van der Waals surface area contributed by atoms with Gasteiger partial charge in [0.2, 0.25) is 5.91 Å². The lowest BCUT2D eigenvalue weighted by molar-refractivity contribution is -0.119. The number of carbonyl (C=O) groups is 1. The van der Waals surface area contributed by atoms with Crippen LogP contribution in [0.5, 0.6) is 0 Å². The van der Waals surface area contributed by atoms with E-state index in [0.717, 1.165) is 31.0 Å². The number of anilines is 1. The second-order valence-corrected chi connectivity index (χ2v) is 6.38. The second kappa shape index (κ2) is 8.07. The summed E-state index contributed by atoms with van der Waals surface area (Å²) in [7, 11) is 1.91. The summed E-state index contributed by atoms with van der Waals surface area (Å²) in [6.07, 6.45) is 5.97. The molecule has 6 nitrogen and oxygen atoms in total. The lowest BCUT2D eigenvalue weighted by Crippen LogP contribution is -2.24. The first-order chi connectivity index (χ1) is 12.2. The number of hydrogen-bond donors (Lipinski definition) is 2. The first-order valence-electron chi connectivity index (χ1n) is 8.72. The lowest BCUT2D eigenvalue weighted by Gasteiger charge is -2.25. The minimum absolute atomic E-state index is 0.0362. The van der Waals surface area contributed by atoms with Crippen molar-refractivity contribution in [2.75, 3.05) is 18.9 Å². The van der Waals surface area contributed by atoms with Crippen molar-refractivity contribution in [3.63, 3.8) is 0 Å². The summed E-state index contributed by atoms with van der Waals surface area (Å²) >= 11 is 0. The molecule has 2 aromatic rings. The molecule has 0 saturated carbocycles. The molecule has 3 heterocycles. The molecule has 0 aromatic carbocycles. The van der Waals surface area contributed by atoms with Gasteiger partial charge in [-0.15, -0.1) is 0 Å². The Kier molecular flexibility index (Phi) is 5.60. The van der Waals surface area contributed by atoms with Crippen molar-refractivity contribution in [2.24, 2.45) is 0 Å². The normalized spacial score (nSPS) is 17.4. The summed E-state index contributed by atoms with van der Waals surface area (Å²) in [6.45, 7) is 3.95. The maximum atomic E-state index is 11.1. The highest BCUT2D eigenvalue weighted by molar-refractivity contribution is 5.72. The van der Waals surface area contributed by atoms with E-state index in [0.29, 0.717) is 12.6 Å². The largest absolute Gasteiger partial charge is 0.373 e. The minimum atomic E-state index is -0.0362. The second-order valence-electron chi connectivity index (χ2n) is 6.38. The van der Waals surface area contributed by atoms with Gasteiger partial charge in [-0.3, -0.25) is 14.7 Å². The summed E-state index contributed by atoms with van der Waals surface area (Å²) in [4.78, 5) is 22.4. The highest BCUT2D eigenvalue weighted by Crippen LogP contribution is 2.33. The van der Waals surface area contributed by atoms with Gasteiger partial charge < -0.3 is 10.6 Å². The number of aromatic nitrogens is 2. The van der Waals surface area contributed by atoms with E-state index in [4.69, 9.17) is 0 Å². The summed E-state index contributed by atoms with van der Waals surface area (Å²) in [6, 6.07) is 8.69. The van der Waals surface area contributed by atoms with Gasteiger partial charge in [-0.1, -0.05) is 6.07 Å². The average Bonchev–Trinajstić information content (AvgIpc) is 3.09. The first kappa shape index (κ1) is 17.4. The number of likely N-dealkylation sites (tertiary alicyclic amines) is 1. The van der Waals surface area contributed by atoms with Crippen LogP contribution in [-0.2, 0) is 17.9 Å². The molecule has 1 aliphatic heterocycles. The lowest BCUT2D eigenvalue weighted by atomic mass is 10.0. The van der Waals surface area contributed by atoms with Gasteiger partial charge in [0.15, 0.2) is 0 Å². The molecule has 0 radical (unpaired) electrons. The van der Waals surface area contributed by atoms with Crippen LogP contribution in [0.15, 0.2) is 36.7 Å². The molecule has 1 atom stereocenters. The molecular formula is C19H25N5O. The third kappa shape index (κ3) is 4.33. The van der Waals surface area contributed by atoms with E-state index in [1.54, 1.807) is 0 Å². The van der Waals surface area contributed by atoms with Crippen molar-refractivity contribution in [2.45, 2.75) is 38.9 Å². The highest BCUT2D eigenvalue weighted by Gasteiger charge is 2.26. The smallest absolute Gasteiger partial charge is 0.217 e. The fourth-order valence-electron chi connectivity index (χ4n) is 3.42. The van der Waals surface area contributed by atoms with Crippen LogP contribution in [-0.4, -0.2) is 34.4 Å². The minimum Gasteiger partial charge on any atom is -0.373 e. The number of nitrogens with zero attached hydrogens (tertiary/aromatic N) is 3. The quantitative estimate of drug-likeness (QED) is 0.846. The molecule has 1 fully saturated rings. The van der Waals surface area contributed by atoms with E-state index in [1.807, 2.05) is 25.5 Å². The Balaban J connectivity index is 1.75. The van der Waals surface area contributed by atoms with Gasteiger partial charge in [-0.05, 0) is 43.1 Å². The van der Waals surface area contributed by atoms with Gasteiger partial charge in [0.1, 0.15) is 5.82 Å². The van der Waals surface area contributed by atoms with Crippen molar-refractivity contribution < 1.29 is 4.79 Å². The fourth-order valence-corrected chi connectivity index (χ4v) is 3.42. The zero-order valence-electron chi connectivity index (χ0n) is 14.8. The Morgan fingerprint density at radius 2 is 2.20 bits per heavy atom. The summed E-state index contributed by atoms with van der Waals surface area (Å²) < 4.78 is 0. The van der Waals surface area contributed by atoms with Crippen LogP contribution >= 0.6 is 0 Å². The molecule has 3 rings (SSSR count).